The van der Waals surface area contributed by atoms with Crippen molar-refractivity contribution in [3.8, 4) is 0 Å². The van der Waals surface area contributed by atoms with Gasteiger partial charge in [0.1, 0.15) is 11.0 Å². The molecule has 92 valence electrons. The largest absolute Gasteiger partial charge is 0.236 e. The molecule has 0 atom stereocenters. The molecule has 0 N–H and O–H groups in total. The molecule has 2 aliphatic rings. The van der Waals surface area contributed by atoms with E-state index in [1.807, 2.05) is 23.5 Å². The second-order valence-corrected chi connectivity index (χ2v) is 7.20. The van der Waals surface area contributed by atoms with Crippen LogP contribution >= 0.6 is 35.1 Å². The van der Waals surface area contributed by atoms with E-state index in [0.717, 1.165) is 39.6 Å². The first-order chi connectivity index (χ1) is 8.33. The molecule has 2 nitrogen and oxygen atoms in total. The van der Waals surface area contributed by atoms with Gasteiger partial charge in [0.15, 0.2) is 0 Å². The van der Waals surface area contributed by atoms with E-state index in [1.54, 1.807) is 0 Å². The monoisotopic (exact) mass is 286 g/mol. The Morgan fingerprint density at radius 1 is 1.24 bits per heavy atom. The molecule has 1 saturated carbocycles. The van der Waals surface area contributed by atoms with E-state index >= 15 is 0 Å². The van der Waals surface area contributed by atoms with Gasteiger partial charge in [-0.1, -0.05) is 24.4 Å². The molecule has 2 heterocycles. The normalized spacial score (nSPS) is 19.8. The molecule has 5 heteroatoms. The van der Waals surface area contributed by atoms with Crippen LogP contribution in [0.2, 0.25) is 5.15 Å². The molecule has 0 saturated heterocycles. The molecule has 17 heavy (non-hydrogen) atoms. The van der Waals surface area contributed by atoms with Crippen molar-refractivity contribution in [1.82, 2.24) is 9.97 Å². The third kappa shape index (κ3) is 2.74. The fraction of sp³-hybridized carbons (Fsp3) is 0.667. The summed E-state index contributed by atoms with van der Waals surface area (Å²) in [7, 11) is 0. The summed E-state index contributed by atoms with van der Waals surface area (Å²) in [5.74, 6) is 3.82. The average Bonchev–Trinajstić information content (AvgIpc) is 2.97. The lowest BCUT2D eigenvalue weighted by Gasteiger charge is -2.09. The fourth-order valence-corrected chi connectivity index (χ4v) is 4.95. The lowest BCUT2D eigenvalue weighted by Crippen LogP contribution is -2.02. The number of halogens is 1. The summed E-state index contributed by atoms with van der Waals surface area (Å²) < 4.78 is 0. The Morgan fingerprint density at radius 2 is 2.06 bits per heavy atom. The number of thioether (sulfide) groups is 2. The number of fused-ring (bicyclic) bond motifs is 1. The zero-order valence-corrected chi connectivity index (χ0v) is 12.0. The fourth-order valence-electron chi connectivity index (χ4n) is 2.37. The predicted molar refractivity (Wildman–Crippen MR) is 75.6 cm³/mol. The minimum Gasteiger partial charge on any atom is -0.236 e. The van der Waals surface area contributed by atoms with Crippen molar-refractivity contribution in [3.05, 3.63) is 22.2 Å². The summed E-state index contributed by atoms with van der Waals surface area (Å²) >= 11 is 10.1. The predicted octanol–water partition coefficient (Wildman–Crippen LogP) is 4.05. The zero-order valence-electron chi connectivity index (χ0n) is 9.62. The van der Waals surface area contributed by atoms with Gasteiger partial charge in [0, 0.05) is 22.3 Å². The van der Waals surface area contributed by atoms with Crippen LogP contribution in [0.5, 0.6) is 0 Å². The minimum atomic E-state index is 0.682. The van der Waals surface area contributed by atoms with Crippen LogP contribution in [0, 0.1) is 0 Å². The standard InChI is InChI=1S/C12H15ClN2S2/c13-12-9-5-16-6-10(9)14-11(15-12)7-17-8-3-1-2-4-8/h8H,1-7H2. The quantitative estimate of drug-likeness (QED) is 0.783. The van der Waals surface area contributed by atoms with Gasteiger partial charge >= 0.3 is 0 Å². The summed E-state index contributed by atoms with van der Waals surface area (Å²) in [5, 5.41) is 1.50. The van der Waals surface area contributed by atoms with E-state index in [-0.39, 0.29) is 0 Å². The van der Waals surface area contributed by atoms with Gasteiger partial charge in [0.2, 0.25) is 0 Å². The molecule has 1 aliphatic carbocycles. The summed E-state index contributed by atoms with van der Waals surface area (Å²) in [4.78, 5) is 9.06. The van der Waals surface area contributed by atoms with Crippen molar-refractivity contribution in [2.45, 2.75) is 48.2 Å². The highest BCUT2D eigenvalue weighted by Crippen LogP contribution is 2.34. The van der Waals surface area contributed by atoms with Gasteiger partial charge < -0.3 is 0 Å². The summed E-state index contributed by atoms with van der Waals surface area (Å²) in [6, 6.07) is 0. The molecule has 1 aliphatic heterocycles. The minimum absolute atomic E-state index is 0.682. The smallest absolute Gasteiger partial charge is 0.140 e. The molecule has 1 fully saturated rings. The van der Waals surface area contributed by atoms with Crippen LogP contribution in [-0.2, 0) is 17.3 Å². The zero-order chi connectivity index (χ0) is 11.7. The highest BCUT2D eigenvalue weighted by Gasteiger charge is 2.20. The number of nitrogens with zero attached hydrogens (tertiary/aromatic N) is 2. The van der Waals surface area contributed by atoms with Crippen molar-refractivity contribution < 1.29 is 0 Å². The second-order valence-electron chi connectivity index (χ2n) is 4.57. The molecule has 1 aromatic heterocycles. The second kappa shape index (κ2) is 5.37. The van der Waals surface area contributed by atoms with E-state index in [2.05, 4.69) is 9.97 Å². The topological polar surface area (TPSA) is 25.8 Å². The van der Waals surface area contributed by atoms with Gasteiger partial charge in [-0.2, -0.15) is 23.5 Å². The lowest BCUT2D eigenvalue weighted by atomic mass is 10.3. The molecule has 0 bridgehead atoms. The lowest BCUT2D eigenvalue weighted by molar-refractivity contribution is 0.886. The van der Waals surface area contributed by atoms with Crippen molar-refractivity contribution >= 4 is 35.1 Å². The SMILES string of the molecule is Clc1nc(CSC2CCCC2)nc2c1CSC2. The van der Waals surface area contributed by atoms with Crippen LogP contribution in [0.25, 0.3) is 0 Å². The van der Waals surface area contributed by atoms with Gasteiger partial charge in [-0.05, 0) is 12.8 Å². The van der Waals surface area contributed by atoms with Crippen LogP contribution in [0.1, 0.15) is 42.8 Å². The van der Waals surface area contributed by atoms with E-state index < -0.39 is 0 Å². The summed E-state index contributed by atoms with van der Waals surface area (Å²) in [6.45, 7) is 0. The Hall–Kier alpha value is 0.0700. The molecule has 1 aromatic rings. The van der Waals surface area contributed by atoms with Gasteiger partial charge in [-0.15, -0.1) is 0 Å². The first-order valence-electron chi connectivity index (χ1n) is 6.06. The van der Waals surface area contributed by atoms with Crippen LogP contribution in [0.3, 0.4) is 0 Å². The highest BCUT2D eigenvalue weighted by molar-refractivity contribution is 7.99. The van der Waals surface area contributed by atoms with Gasteiger partial charge in [0.25, 0.3) is 0 Å². The number of rotatable bonds is 3. The van der Waals surface area contributed by atoms with E-state index in [1.165, 1.54) is 25.7 Å². The first kappa shape index (κ1) is 12.1. The third-order valence-corrected chi connectivity index (χ3v) is 5.97. The molecular weight excluding hydrogens is 272 g/mol. The van der Waals surface area contributed by atoms with Crippen molar-refractivity contribution in [3.63, 3.8) is 0 Å². The molecule has 3 rings (SSSR count). The van der Waals surface area contributed by atoms with Crippen molar-refractivity contribution in [1.29, 1.82) is 0 Å². The Bertz CT molecular complexity index is 419. The Balaban J connectivity index is 1.68. The third-order valence-electron chi connectivity index (χ3n) is 3.32. The Kier molecular flexibility index (Phi) is 3.83. The van der Waals surface area contributed by atoms with Crippen molar-refractivity contribution in [2.24, 2.45) is 0 Å². The highest BCUT2D eigenvalue weighted by atomic mass is 35.5. The maximum atomic E-state index is 6.20. The van der Waals surface area contributed by atoms with Gasteiger partial charge in [-0.25, -0.2) is 9.97 Å². The van der Waals surface area contributed by atoms with Crippen LogP contribution < -0.4 is 0 Å². The Morgan fingerprint density at radius 3 is 2.88 bits per heavy atom. The first-order valence-corrected chi connectivity index (χ1v) is 8.64. The molecule has 0 spiro atoms. The summed E-state index contributed by atoms with van der Waals surface area (Å²) in [5.41, 5.74) is 2.32. The average molecular weight is 287 g/mol. The maximum absolute atomic E-state index is 6.20. The number of hydrogen-bond acceptors (Lipinski definition) is 4. The van der Waals surface area contributed by atoms with Crippen LogP contribution in [0.4, 0.5) is 0 Å². The van der Waals surface area contributed by atoms with Crippen molar-refractivity contribution in [2.75, 3.05) is 0 Å². The van der Waals surface area contributed by atoms with Crippen LogP contribution in [0.15, 0.2) is 0 Å². The van der Waals surface area contributed by atoms with Gasteiger partial charge in [0.05, 0.1) is 11.4 Å². The van der Waals surface area contributed by atoms with Gasteiger partial charge in [-0.3, -0.25) is 0 Å². The van der Waals surface area contributed by atoms with Crippen LogP contribution in [-0.4, -0.2) is 15.2 Å². The van der Waals surface area contributed by atoms with E-state index in [0.29, 0.717) is 5.15 Å². The maximum Gasteiger partial charge on any atom is 0.140 e. The molecule has 0 radical (unpaired) electrons. The number of hydrogen-bond donors (Lipinski definition) is 0. The molecule has 0 aromatic carbocycles. The molecular formula is C12H15ClN2S2. The van der Waals surface area contributed by atoms with E-state index in [4.69, 9.17) is 11.6 Å². The summed E-state index contributed by atoms with van der Waals surface area (Å²) in [6.07, 6.45) is 5.50. The Labute approximate surface area is 115 Å². The molecule has 0 unspecified atom stereocenters. The molecule has 0 amide bonds. The van der Waals surface area contributed by atoms with E-state index in [9.17, 15) is 0 Å². The number of aromatic nitrogens is 2.